The lowest BCUT2D eigenvalue weighted by molar-refractivity contribution is -0.111. The van der Waals surface area contributed by atoms with Gasteiger partial charge in [-0.15, -0.1) is 0 Å². The van der Waals surface area contributed by atoms with Gasteiger partial charge >= 0.3 is 10.1 Å². The van der Waals surface area contributed by atoms with Crippen LogP contribution in [0, 0.1) is 20.8 Å². The first-order chi connectivity index (χ1) is 19.4. The van der Waals surface area contributed by atoms with Crippen LogP contribution in [0.1, 0.15) is 22.3 Å². The zero-order valence-corrected chi connectivity index (χ0v) is 24.8. The molecule has 4 rings (SSSR count). The summed E-state index contributed by atoms with van der Waals surface area (Å²) in [6, 6.07) is 14.2. The standard InChI is InChI=1S/C29H32N2O8S2/c1-20-5-6-22(3)28(17-20)41(35,36)39-26-11-8-23(18-27(26)37-4)9-12-29(32)30-25-19-24(10-7-21(25)2)40(33,34)31-13-15-38-16-14-31/h5-12,17-19H,13-16H2,1-4H3,(H,30,32)/b12-9-. The van der Waals surface area contributed by atoms with Crippen LogP contribution in [0.25, 0.3) is 6.08 Å². The molecule has 0 unspecified atom stereocenters. The number of anilines is 1. The van der Waals surface area contributed by atoms with Crippen molar-refractivity contribution in [1.82, 2.24) is 4.31 Å². The third kappa shape index (κ3) is 7.14. The summed E-state index contributed by atoms with van der Waals surface area (Å²) in [5, 5.41) is 2.73. The molecule has 0 bridgehead atoms. The van der Waals surface area contributed by atoms with Gasteiger partial charge in [-0.25, -0.2) is 8.42 Å². The molecule has 1 heterocycles. The summed E-state index contributed by atoms with van der Waals surface area (Å²) in [5.41, 5.74) is 2.95. The molecule has 0 atom stereocenters. The molecule has 3 aromatic carbocycles. The molecular weight excluding hydrogens is 568 g/mol. The van der Waals surface area contributed by atoms with Crippen molar-refractivity contribution in [2.75, 3.05) is 38.7 Å². The highest BCUT2D eigenvalue weighted by molar-refractivity contribution is 7.89. The normalized spacial score (nSPS) is 14.6. The average Bonchev–Trinajstić information content (AvgIpc) is 2.95. The lowest BCUT2D eigenvalue weighted by atomic mass is 10.1. The fraction of sp³-hybridized carbons (Fsp3) is 0.276. The molecule has 1 N–H and O–H groups in total. The average molecular weight is 601 g/mol. The Morgan fingerprint density at radius 3 is 2.32 bits per heavy atom. The summed E-state index contributed by atoms with van der Waals surface area (Å²) in [4.78, 5) is 12.9. The van der Waals surface area contributed by atoms with Crippen LogP contribution in [0.5, 0.6) is 11.5 Å². The van der Waals surface area contributed by atoms with Crippen molar-refractivity contribution in [2.24, 2.45) is 0 Å². The summed E-state index contributed by atoms with van der Waals surface area (Å²) in [7, 11) is -6.45. The van der Waals surface area contributed by atoms with Crippen molar-refractivity contribution in [3.05, 3.63) is 82.9 Å². The van der Waals surface area contributed by atoms with Gasteiger partial charge in [0.25, 0.3) is 0 Å². The van der Waals surface area contributed by atoms with Gasteiger partial charge in [-0.3, -0.25) is 4.79 Å². The van der Waals surface area contributed by atoms with E-state index in [2.05, 4.69) is 5.32 Å². The van der Waals surface area contributed by atoms with Crippen LogP contribution in [0.4, 0.5) is 5.69 Å². The van der Waals surface area contributed by atoms with Crippen molar-refractivity contribution in [3.63, 3.8) is 0 Å². The van der Waals surface area contributed by atoms with E-state index in [0.717, 1.165) is 5.56 Å². The zero-order valence-electron chi connectivity index (χ0n) is 23.2. The van der Waals surface area contributed by atoms with E-state index < -0.39 is 26.0 Å². The number of sulfonamides is 1. The third-order valence-electron chi connectivity index (χ3n) is 6.50. The van der Waals surface area contributed by atoms with Crippen LogP contribution in [0.15, 0.2) is 70.5 Å². The fourth-order valence-electron chi connectivity index (χ4n) is 4.17. The number of hydrogen-bond donors (Lipinski definition) is 1. The lowest BCUT2D eigenvalue weighted by Crippen LogP contribution is -2.40. The summed E-state index contributed by atoms with van der Waals surface area (Å²) < 4.78 is 69.2. The molecule has 1 aliphatic heterocycles. The van der Waals surface area contributed by atoms with Crippen LogP contribution in [0.3, 0.4) is 0 Å². The Labute approximate surface area is 240 Å². The van der Waals surface area contributed by atoms with Gasteiger partial charge in [-0.05, 0) is 79.4 Å². The molecule has 1 fully saturated rings. The fourth-order valence-corrected chi connectivity index (χ4v) is 6.87. The van der Waals surface area contributed by atoms with Gasteiger partial charge in [-0.2, -0.15) is 12.7 Å². The number of nitrogens with zero attached hydrogens (tertiary/aromatic N) is 1. The van der Waals surface area contributed by atoms with Crippen molar-refractivity contribution in [2.45, 2.75) is 30.6 Å². The maximum Gasteiger partial charge on any atom is 0.339 e. The highest BCUT2D eigenvalue weighted by Gasteiger charge is 2.27. The molecule has 218 valence electrons. The van der Waals surface area contributed by atoms with E-state index in [4.69, 9.17) is 13.7 Å². The minimum absolute atomic E-state index is 0.00363. The SMILES string of the molecule is COc1cc(/C=C\C(=O)Nc2cc(S(=O)(=O)N3CCOCC3)ccc2C)ccc1OS(=O)(=O)c1cc(C)ccc1C. The molecule has 0 aliphatic carbocycles. The predicted octanol–water partition coefficient (Wildman–Crippen LogP) is 4.06. The minimum Gasteiger partial charge on any atom is -0.493 e. The highest BCUT2D eigenvalue weighted by Crippen LogP contribution is 2.32. The number of methoxy groups -OCH3 is 1. The molecule has 12 heteroatoms. The second kappa shape index (κ2) is 12.4. The topological polar surface area (TPSA) is 128 Å². The largest absolute Gasteiger partial charge is 0.493 e. The Hall–Kier alpha value is -3.71. The van der Waals surface area contributed by atoms with E-state index in [1.165, 1.54) is 41.8 Å². The molecule has 0 saturated carbocycles. The zero-order chi connectivity index (χ0) is 29.8. The number of hydrogen-bond acceptors (Lipinski definition) is 8. The summed E-state index contributed by atoms with van der Waals surface area (Å²) in [5.74, 6) is -0.312. The Kier molecular flexibility index (Phi) is 9.17. The van der Waals surface area contributed by atoms with Gasteiger partial charge in [-0.1, -0.05) is 24.3 Å². The van der Waals surface area contributed by atoms with E-state index in [1.54, 1.807) is 51.1 Å². The molecule has 1 saturated heterocycles. The second-order valence-electron chi connectivity index (χ2n) is 9.53. The second-order valence-corrected chi connectivity index (χ2v) is 13.0. The third-order valence-corrected chi connectivity index (χ3v) is 9.77. The number of carbonyl (C=O) groups excluding carboxylic acids is 1. The molecule has 41 heavy (non-hydrogen) atoms. The van der Waals surface area contributed by atoms with E-state index in [9.17, 15) is 21.6 Å². The van der Waals surface area contributed by atoms with Crippen LogP contribution < -0.4 is 14.2 Å². The maximum absolute atomic E-state index is 13.0. The first-order valence-electron chi connectivity index (χ1n) is 12.8. The van der Waals surface area contributed by atoms with E-state index in [0.29, 0.717) is 35.6 Å². The Morgan fingerprint density at radius 1 is 0.902 bits per heavy atom. The molecule has 3 aromatic rings. The van der Waals surface area contributed by atoms with E-state index >= 15 is 0 Å². The van der Waals surface area contributed by atoms with Crippen LogP contribution in [0.2, 0.25) is 0 Å². The molecule has 0 aromatic heterocycles. The maximum atomic E-state index is 13.0. The number of aryl methyl sites for hydroxylation is 3. The molecule has 0 spiro atoms. The Balaban J connectivity index is 1.49. The first-order valence-corrected chi connectivity index (χ1v) is 15.6. The quantitative estimate of drug-likeness (QED) is 0.288. The van der Waals surface area contributed by atoms with Gasteiger partial charge < -0.3 is 19.0 Å². The Bertz CT molecular complexity index is 1690. The number of carbonyl (C=O) groups is 1. The number of rotatable bonds is 9. The van der Waals surface area contributed by atoms with E-state index in [-0.39, 0.29) is 34.4 Å². The number of nitrogens with one attached hydrogen (secondary N) is 1. The minimum atomic E-state index is -4.11. The lowest BCUT2D eigenvalue weighted by Gasteiger charge is -2.26. The van der Waals surface area contributed by atoms with Gasteiger partial charge in [0.2, 0.25) is 15.9 Å². The predicted molar refractivity (Wildman–Crippen MR) is 155 cm³/mol. The summed E-state index contributed by atoms with van der Waals surface area (Å²) in [6.07, 6.45) is 2.80. The molecule has 1 amide bonds. The summed E-state index contributed by atoms with van der Waals surface area (Å²) >= 11 is 0. The molecule has 10 nitrogen and oxygen atoms in total. The number of amides is 1. The van der Waals surface area contributed by atoms with Crippen LogP contribution in [-0.2, 0) is 29.7 Å². The number of ether oxygens (including phenoxy) is 2. The number of benzene rings is 3. The van der Waals surface area contributed by atoms with Gasteiger partial charge in [0.1, 0.15) is 4.90 Å². The van der Waals surface area contributed by atoms with Crippen molar-refractivity contribution in [3.8, 4) is 11.5 Å². The van der Waals surface area contributed by atoms with Gasteiger partial charge in [0.15, 0.2) is 11.5 Å². The monoisotopic (exact) mass is 600 g/mol. The Morgan fingerprint density at radius 2 is 1.61 bits per heavy atom. The summed E-state index contributed by atoms with van der Waals surface area (Å²) in [6.45, 7) is 6.45. The smallest absolute Gasteiger partial charge is 0.339 e. The highest BCUT2D eigenvalue weighted by atomic mass is 32.2. The van der Waals surface area contributed by atoms with E-state index in [1.807, 2.05) is 6.07 Å². The van der Waals surface area contributed by atoms with Crippen molar-refractivity contribution in [1.29, 1.82) is 0 Å². The molecular formula is C29H32N2O8S2. The van der Waals surface area contributed by atoms with Crippen molar-refractivity contribution >= 4 is 37.8 Å². The first kappa shape index (κ1) is 30.3. The van der Waals surface area contributed by atoms with Crippen molar-refractivity contribution < 1.29 is 35.3 Å². The van der Waals surface area contributed by atoms with Gasteiger partial charge in [0.05, 0.1) is 25.2 Å². The number of morpholine rings is 1. The van der Waals surface area contributed by atoms with Crippen LogP contribution >= 0.6 is 0 Å². The van der Waals surface area contributed by atoms with Gasteiger partial charge in [0, 0.05) is 24.9 Å². The molecule has 1 aliphatic rings. The molecule has 0 radical (unpaired) electrons. The van der Waals surface area contributed by atoms with Crippen LogP contribution in [-0.4, -0.2) is 60.5 Å².